The third-order valence-electron chi connectivity index (χ3n) is 8.04. The molecule has 2 aromatic carbocycles. The van der Waals surface area contributed by atoms with Crippen molar-refractivity contribution < 1.29 is 9.21 Å². The second-order valence-electron chi connectivity index (χ2n) is 10.9. The van der Waals surface area contributed by atoms with Crippen molar-refractivity contribution >= 4 is 27.8 Å². The summed E-state index contributed by atoms with van der Waals surface area (Å²) in [7, 11) is 0. The number of unbranched alkanes of at least 4 members (excludes halogenated alkanes) is 2. The van der Waals surface area contributed by atoms with Crippen LogP contribution >= 0.6 is 0 Å². The lowest BCUT2D eigenvalue weighted by Gasteiger charge is -2.30. The monoisotopic (exact) mass is 538 g/mol. The summed E-state index contributed by atoms with van der Waals surface area (Å²) in [6.45, 7) is 11.2. The van der Waals surface area contributed by atoms with Crippen molar-refractivity contribution in [3.05, 3.63) is 94.9 Å². The Morgan fingerprint density at radius 1 is 1.07 bits per heavy atom. The van der Waals surface area contributed by atoms with Gasteiger partial charge < -0.3 is 14.6 Å². The molecular formula is C36H46N2O2. The van der Waals surface area contributed by atoms with E-state index < -0.39 is 0 Å². The van der Waals surface area contributed by atoms with Gasteiger partial charge in [0.15, 0.2) is 0 Å². The number of furan rings is 1. The van der Waals surface area contributed by atoms with Crippen molar-refractivity contribution in [1.29, 1.82) is 0 Å². The number of amides is 1. The molecule has 0 radical (unpaired) electrons. The second kappa shape index (κ2) is 14.2. The Morgan fingerprint density at radius 3 is 2.60 bits per heavy atom. The molecule has 0 saturated carbocycles. The maximum atomic E-state index is 14.4. The van der Waals surface area contributed by atoms with Gasteiger partial charge in [0.2, 0.25) is 0 Å². The number of hydrogen-bond donors (Lipinski definition) is 1. The van der Waals surface area contributed by atoms with Crippen LogP contribution < -0.4 is 5.32 Å². The normalized spacial score (nSPS) is 15.8. The van der Waals surface area contributed by atoms with Crippen molar-refractivity contribution in [3.8, 4) is 0 Å². The van der Waals surface area contributed by atoms with E-state index >= 15 is 0 Å². The van der Waals surface area contributed by atoms with Gasteiger partial charge in [0.05, 0.1) is 5.70 Å². The average molecular weight is 539 g/mol. The number of allylic oxidation sites excluding steroid dienone is 5. The van der Waals surface area contributed by atoms with Crippen molar-refractivity contribution in [1.82, 2.24) is 10.2 Å². The minimum atomic E-state index is -0.0524. The quantitative estimate of drug-likeness (QED) is 0.142. The van der Waals surface area contributed by atoms with Crippen LogP contribution in [0.1, 0.15) is 97.6 Å². The first-order valence-electron chi connectivity index (χ1n) is 15.2. The highest BCUT2D eigenvalue weighted by molar-refractivity contribution is 6.05. The number of carbonyl (C=O) groups excluding carboxylic acids is 1. The molecule has 3 aromatic rings. The summed E-state index contributed by atoms with van der Waals surface area (Å²) < 4.78 is 6.04. The van der Waals surface area contributed by atoms with Crippen LogP contribution in [0.3, 0.4) is 0 Å². The summed E-state index contributed by atoms with van der Waals surface area (Å²) in [6, 6.07) is 14.4. The Morgan fingerprint density at radius 2 is 1.88 bits per heavy atom. The Bertz CT molecular complexity index is 1440. The Balaban J connectivity index is 1.65. The van der Waals surface area contributed by atoms with E-state index in [-0.39, 0.29) is 11.9 Å². The molecule has 1 heterocycles. The predicted octanol–water partition coefficient (Wildman–Crippen LogP) is 9.90. The van der Waals surface area contributed by atoms with Crippen LogP contribution in [0, 0.1) is 0 Å². The van der Waals surface area contributed by atoms with Crippen molar-refractivity contribution in [2.75, 3.05) is 6.54 Å². The molecular weight excluding hydrogens is 492 g/mol. The lowest BCUT2D eigenvalue weighted by molar-refractivity contribution is -0.125. The van der Waals surface area contributed by atoms with Gasteiger partial charge in [-0.05, 0) is 94.2 Å². The van der Waals surface area contributed by atoms with Crippen LogP contribution in [0.5, 0.6) is 0 Å². The third-order valence-corrected chi connectivity index (χ3v) is 8.04. The minimum Gasteiger partial charge on any atom is -0.456 e. The van der Waals surface area contributed by atoms with E-state index in [9.17, 15) is 4.79 Å². The van der Waals surface area contributed by atoms with E-state index in [2.05, 4.69) is 82.4 Å². The van der Waals surface area contributed by atoms with Crippen molar-refractivity contribution in [2.45, 2.75) is 92.0 Å². The highest BCUT2D eigenvalue weighted by Crippen LogP contribution is 2.32. The molecule has 212 valence electrons. The molecule has 1 atom stereocenters. The van der Waals surface area contributed by atoms with Gasteiger partial charge in [-0.25, -0.2) is 0 Å². The molecule has 0 aliphatic heterocycles. The highest BCUT2D eigenvalue weighted by atomic mass is 16.3. The fourth-order valence-electron chi connectivity index (χ4n) is 5.49. The van der Waals surface area contributed by atoms with Gasteiger partial charge in [-0.1, -0.05) is 75.3 Å². The first-order valence-corrected chi connectivity index (χ1v) is 15.2. The van der Waals surface area contributed by atoms with Crippen LogP contribution in [0.25, 0.3) is 21.9 Å². The molecule has 40 heavy (non-hydrogen) atoms. The van der Waals surface area contributed by atoms with Gasteiger partial charge in [-0.15, -0.1) is 0 Å². The maximum Gasteiger partial charge on any atom is 0.274 e. The van der Waals surface area contributed by atoms with Crippen molar-refractivity contribution in [2.24, 2.45) is 0 Å². The summed E-state index contributed by atoms with van der Waals surface area (Å²) in [5.41, 5.74) is 7.01. The summed E-state index contributed by atoms with van der Waals surface area (Å²) in [4.78, 5) is 16.4. The van der Waals surface area contributed by atoms with Crippen molar-refractivity contribution in [3.63, 3.8) is 0 Å². The fraction of sp³-hybridized carbons (Fsp3) is 0.417. The van der Waals surface area contributed by atoms with E-state index in [1.807, 2.05) is 29.2 Å². The van der Waals surface area contributed by atoms with Crippen LogP contribution in [0.2, 0.25) is 0 Å². The lowest BCUT2D eigenvalue weighted by Crippen LogP contribution is -2.38. The molecule has 0 bridgehead atoms. The summed E-state index contributed by atoms with van der Waals surface area (Å²) >= 11 is 0. The zero-order valence-electron chi connectivity index (χ0n) is 25.1. The summed E-state index contributed by atoms with van der Waals surface area (Å²) in [5.74, 6) is 0.0424. The molecule has 1 aliphatic carbocycles. The van der Waals surface area contributed by atoms with Crippen LogP contribution in [-0.4, -0.2) is 17.4 Å². The maximum absolute atomic E-state index is 14.4. The SMILES string of the molecule is C/C=C(/C1=CCCCC1)N(C/C=C\CCCC)C(=O)/C(NC(C)c1ccc2oc3ccccc3c2c1)=C(\C)CC. The van der Waals surface area contributed by atoms with E-state index in [0.29, 0.717) is 12.2 Å². The number of nitrogens with one attached hydrogen (secondary N) is 1. The molecule has 1 aromatic heterocycles. The van der Waals surface area contributed by atoms with Gasteiger partial charge in [-0.3, -0.25) is 4.79 Å². The zero-order valence-corrected chi connectivity index (χ0v) is 25.1. The standard InChI is InChI=1S/C36H46N2O2/c1-6-9-10-11-17-24-38(32(8-3)28-18-13-12-14-19-28)36(39)35(26(4)7-2)37-27(5)29-22-23-34-31(25-29)30-20-15-16-21-33(30)40-34/h8,11,15-18,20-23,25,27,37H,6-7,9-10,12-14,19,24H2,1-5H3/b17-11-,32-8-,35-26-. The van der Waals surface area contributed by atoms with E-state index in [4.69, 9.17) is 4.42 Å². The van der Waals surface area contributed by atoms with E-state index in [0.717, 1.165) is 64.5 Å². The number of nitrogens with zero attached hydrogens (tertiary/aromatic N) is 1. The van der Waals surface area contributed by atoms with Crippen LogP contribution in [-0.2, 0) is 4.79 Å². The minimum absolute atomic E-state index is 0.0424. The predicted molar refractivity (Wildman–Crippen MR) is 169 cm³/mol. The Hall–Kier alpha value is -3.53. The molecule has 1 N–H and O–H groups in total. The van der Waals surface area contributed by atoms with E-state index in [1.165, 1.54) is 31.3 Å². The molecule has 1 amide bonds. The van der Waals surface area contributed by atoms with Crippen LogP contribution in [0.4, 0.5) is 0 Å². The van der Waals surface area contributed by atoms with Gasteiger partial charge in [0.1, 0.15) is 11.2 Å². The largest absolute Gasteiger partial charge is 0.456 e. The van der Waals surface area contributed by atoms with Crippen LogP contribution in [0.15, 0.2) is 93.7 Å². The van der Waals surface area contributed by atoms with Gasteiger partial charge >= 0.3 is 0 Å². The molecule has 0 saturated heterocycles. The molecule has 4 heteroatoms. The third kappa shape index (κ3) is 6.78. The molecule has 1 aliphatic rings. The topological polar surface area (TPSA) is 45.5 Å². The number of benzene rings is 2. The summed E-state index contributed by atoms with van der Waals surface area (Å²) in [6.07, 6.45) is 17.5. The molecule has 1 unspecified atom stereocenters. The molecule has 0 spiro atoms. The molecule has 4 rings (SSSR count). The average Bonchev–Trinajstić information content (AvgIpc) is 3.37. The summed E-state index contributed by atoms with van der Waals surface area (Å²) in [5, 5.41) is 5.86. The number of carbonyl (C=O) groups is 1. The second-order valence-corrected chi connectivity index (χ2v) is 10.9. The number of fused-ring (bicyclic) bond motifs is 3. The first-order chi connectivity index (χ1) is 19.5. The Labute approximate surface area is 240 Å². The van der Waals surface area contributed by atoms with Gasteiger partial charge in [-0.2, -0.15) is 0 Å². The molecule has 0 fully saturated rings. The number of para-hydroxylation sites is 1. The van der Waals surface area contributed by atoms with Gasteiger partial charge in [0.25, 0.3) is 5.91 Å². The molecule has 4 nitrogen and oxygen atoms in total. The fourth-order valence-corrected chi connectivity index (χ4v) is 5.49. The number of hydrogen-bond acceptors (Lipinski definition) is 3. The smallest absolute Gasteiger partial charge is 0.274 e. The highest BCUT2D eigenvalue weighted by Gasteiger charge is 2.26. The lowest BCUT2D eigenvalue weighted by atomic mass is 9.95. The zero-order chi connectivity index (χ0) is 28.5. The first kappa shape index (κ1) is 29.5. The number of rotatable bonds is 12. The van der Waals surface area contributed by atoms with E-state index in [1.54, 1.807) is 0 Å². The van der Waals surface area contributed by atoms with Gasteiger partial charge in [0, 0.05) is 29.1 Å². The Kier molecular flexibility index (Phi) is 10.5.